The largest absolute Gasteiger partial charge is 0.481 e. The van der Waals surface area contributed by atoms with Crippen molar-refractivity contribution in [3.05, 3.63) is 34.9 Å². The fraction of sp³-hybridized carbons (Fsp3) is 0.500. The molecular weight excluding hydrogens is 250 g/mol. The smallest absolute Gasteiger partial charge is 0.303 e. The van der Waals surface area contributed by atoms with Crippen LogP contribution < -0.4 is 0 Å². The van der Waals surface area contributed by atoms with E-state index < -0.39 is 5.97 Å². The molecule has 0 radical (unpaired) electrons. The first-order chi connectivity index (χ1) is 8.59. The number of halogens is 1. The highest BCUT2D eigenvalue weighted by Gasteiger charge is 2.04. The highest BCUT2D eigenvalue weighted by molar-refractivity contribution is 6.31. The van der Waals surface area contributed by atoms with E-state index in [0.29, 0.717) is 0 Å². The molecule has 0 spiro atoms. The van der Waals surface area contributed by atoms with Crippen molar-refractivity contribution >= 4 is 17.6 Å². The zero-order valence-electron chi connectivity index (χ0n) is 10.7. The van der Waals surface area contributed by atoms with Gasteiger partial charge in [-0.3, -0.25) is 4.79 Å². The lowest BCUT2D eigenvalue weighted by atomic mass is 10.1. The molecule has 1 N–H and O–H groups in total. The predicted octanol–water partition coefficient (Wildman–Crippen LogP) is 3.42. The second kappa shape index (κ2) is 8.11. The normalized spacial score (nSPS) is 10.8. The average molecular weight is 270 g/mol. The van der Waals surface area contributed by atoms with E-state index in [4.69, 9.17) is 16.7 Å². The maximum absolute atomic E-state index is 10.3. The Balaban J connectivity index is 2.20. The minimum Gasteiger partial charge on any atom is -0.481 e. The van der Waals surface area contributed by atoms with E-state index in [1.165, 1.54) is 0 Å². The van der Waals surface area contributed by atoms with Crippen LogP contribution >= 0.6 is 11.6 Å². The molecule has 0 aliphatic heterocycles. The Morgan fingerprint density at radius 2 is 2.00 bits per heavy atom. The van der Waals surface area contributed by atoms with Crippen LogP contribution in [0.3, 0.4) is 0 Å². The van der Waals surface area contributed by atoms with Crippen LogP contribution in [0.5, 0.6) is 0 Å². The summed E-state index contributed by atoms with van der Waals surface area (Å²) in [5.41, 5.74) is 1.13. The number of carboxylic acids is 1. The molecule has 0 bridgehead atoms. The van der Waals surface area contributed by atoms with Crippen LogP contribution in [0.2, 0.25) is 5.02 Å². The number of carbonyl (C=O) groups is 1. The van der Waals surface area contributed by atoms with Crippen LogP contribution in [0.25, 0.3) is 0 Å². The molecule has 0 atom stereocenters. The molecule has 0 saturated carbocycles. The monoisotopic (exact) mass is 269 g/mol. The first kappa shape index (κ1) is 15.0. The number of nitrogens with zero attached hydrogens (tertiary/aromatic N) is 1. The van der Waals surface area contributed by atoms with E-state index >= 15 is 0 Å². The SMILES string of the molecule is CN(CCCCCC(=O)O)Cc1ccccc1Cl. The second-order valence-corrected chi connectivity index (χ2v) is 4.94. The standard InChI is InChI=1S/C14H20ClNO2/c1-16(10-6-2-3-9-14(17)18)11-12-7-4-5-8-13(12)15/h4-5,7-8H,2-3,6,9-11H2,1H3,(H,17,18). The Bertz CT molecular complexity index is 382. The van der Waals surface area contributed by atoms with Gasteiger partial charge in [0.05, 0.1) is 0 Å². The number of unbranched alkanes of at least 4 members (excludes halogenated alkanes) is 2. The van der Waals surface area contributed by atoms with E-state index in [0.717, 1.165) is 42.9 Å². The molecule has 0 amide bonds. The van der Waals surface area contributed by atoms with Crippen LogP contribution in [-0.2, 0) is 11.3 Å². The van der Waals surface area contributed by atoms with Gasteiger partial charge in [0.25, 0.3) is 0 Å². The van der Waals surface area contributed by atoms with Crippen molar-refractivity contribution in [2.45, 2.75) is 32.2 Å². The van der Waals surface area contributed by atoms with Crippen molar-refractivity contribution in [2.24, 2.45) is 0 Å². The van der Waals surface area contributed by atoms with Crippen molar-refractivity contribution in [3.8, 4) is 0 Å². The van der Waals surface area contributed by atoms with Crippen molar-refractivity contribution in [1.82, 2.24) is 4.90 Å². The molecule has 0 heterocycles. The summed E-state index contributed by atoms with van der Waals surface area (Å²) in [5.74, 6) is -0.709. The summed E-state index contributed by atoms with van der Waals surface area (Å²) in [4.78, 5) is 12.6. The quantitative estimate of drug-likeness (QED) is 0.735. The summed E-state index contributed by atoms with van der Waals surface area (Å²) in [5, 5.41) is 9.32. The Labute approximate surface area is 113 Å². The number of hydrogen-bond donors (Lipinski definition) is 1. The summed E-state index contributed by atoms with van der Waals surface area (Å²) < 4.78 is 0. The molecule has 18 heavy (non-hydrogen) atoms. The van der Waals surface area contributed by atoms with Crippen LogP contribution in [0, 0.1) is 0 Å². The number of hydrogen-bond acceptors (Lipinski definition) is 2. The third-order valence-corrected chi connectivity index (χ3v) is 3.20. The molecule has 0 fully saturated rings. The Hall–Kier alpha value is -1.06. The summed E-state index contributed by atoms with van der Waals surface area (Å²) in [7, 11) is 2.06. The Morgan fingerprint density at radius 3 is 2.67 bits per heavy atom. The van der Waals surface area contributed by atoms with Gasteiger partial charge in [-0.2, -0.15) is 0 Å². The van der Waals surface area contributed by atoms with Gasteiger partial charge < -0.3 is 10.0 Å². The van der Waals surface area contributed by atoms with Crippen LogP contribution in [0.1, 0.15) is 31.2 Å². The molecule has 0 aliphatic rings. The van der Waals surface area contributed by atoms with E-state index in [1.54, 1.807) is 0 Å². The maximum Gasteiger partial charge on any atom is 0.303 e. The predicted molar refractivity (Wildman–Crippen MR) is 73.9 cm³/mol. The van der Waals surface area contributed by atoms with E-state index in [9.17, 15) is 4.79 Å². The molecule has 1 rings (SSSR count). The zero-order chi connectivity index (χ0) is 13.4. The number of benzene rings is 1. The van der Waals surface area contributed by atoms with Crippen LogP contribution in [0.15, 0.2) is 24.3 Å². The average Bonchev–Trinajstić information content (AvgIpc) is 2.31. The molecule has 0 aromatic heterocycles. The summed E-state index contributed by atoms with van der Waals surface area (Å²) in [6.45, 7) is 1.80. The van der Waals surface area contributed by atoms with Crippen molar-refractivity contribution < 1.29 is 9.90 Å². The fourth-order valence-electron chi connectivity index (χ4n) is 1.83. The van der Waals surface area contributed by atoms with Gasteiger partial charge in [-0.15, -0.1) is 0 Å². The van der Waals surface area contributed by atoms with Gasteiger partial charge in [-0.05, 0) is 38.1 Å². The van der Waals surface area contributed by atoms with E-state index in [2.05, 4.69) is 11.9 Å². The third kappa shape index (κ3) is 6.03. The first-order valence-corrected chi connectivity index (χ1v) is 6.61. The Morgan fingerprint density at radius 1 is 1.28 bits per heavy atom. The van der Waals surface area contributed by atoms with Gasteiger partial charge in [-0.1, -0.05) is 36.2 Å². The van der Waals surface area contributed by atoms with Crippen LogP contribution in [-0.4, -0.2) is 29.6 Å². The van der Waals surface area contributed by atoms with E-state index in [1.807, 2.05) is 24.3 Å². The zero-order valence-corrected chi connectivity index (χ0v) is 11.5. The lowest BCUT2D eigenvalue weighted by molar-refractivity contribution is -0.137. The van der Waals surface area contributed by atoms with Crippen molar-refractivity contribution in [2.75, 3.05) is 13.6 Å². The minimum absolute atomic E-state index is 0.272. The van der Waals surface area contributed by atoms with Crippen LogP contribution in [0.4, 0.5) is 0 Å². The summed E-state index contributed by atoms with van der Waals surface area (Å²) in [6.07, 6.45) is 3.01. The highest BCUT2D eigenvalue weighted by Crippen LogP contribution is 2.16. The van der Waals surface area contributed by atoms with Gasteiger partial charge in [0, 0.05) is 18.0 Å². The molecule has 1 aromatic rings. The lowest BCUT2D eigenvalue weighted by Gasteiger charge is -2.17. The number of aliphatic carboxylic acids is 1. The summed E-state index contributed by atoms with van der Waals surface area (Å²) >= 11 is 6.09. The van der Waals surface area contributed by atoms with Gasteiger partial charge in [0.2, 0.25) is 0 Å². The lowest BCUT2D eigenvalue weighted by Crippen LogP contribution is -2.19. The van der Waals surface area contributed by atoms with Gasteiger partial charge >= 0.3 is 5.97 Å². The topological polar surface area (TPSA) is 40.5 Å². The maximum atomic E-state index is 10.3. The molecule has 4 heteroatoms. The molecule has 0 aliphatic carbocycles. The van der Waals surface area contributed by atoms with Gasteiger partial charge in [0.15, 0.2) is 0 Å². The number of carboxylic acid groups (broad SMARTS) is 1. The van der Waals surface area contributed by atoms with Crippen molar-refractivity contribution in [3.63, 3.8) is 0 Å². The number of rotatable bonds is 8. The second-order valence-electron chi connectivity index (χ2n) is 4.53. The Kier molecular flexibility index (Phi) is 6.76. The molecular formula is C14H20ClNO2. The molecule has 1 aromatic carbocycles. The summed E-state index contributed by atoms with van der Waals surface area (Å²) in [6, 6.07) is 7.85. The first-order valence-electron chi connectivity index (χ1n) is 6.23. The molecule has 100 valence electrons. The third-order valence-electron chi connectivity index (χ3n) is 2.83. The molecule has 0 unspecified atom stereocenters. The van der Waals surface area contributed by atoms with E-state index in [-0.39, 0.29) is 6.42 Å². The van der Waals surface area contributed by atoms with Crippen molar-refractivity contribution in [1.29, 1.82) is 0 Å². The van der Waals surface area contributed by atoms with Gasteiger partial charge in [0.1, 0.15) is 0 Å². The van der Waals surface area contributed by atoms with Gasteiger partial charge in [-0.25, -0.2) is 0 Å². The highest BCUT2D eigenvalue weighted by atomic mass is 35.5. The minimum atomic E-state index is -0.709. The molecule has 3 nitrogen and oxygen atoms in total. The fourth-order valence-corrected chi connectivity index (χ4v) is 2.03. The molecule has 0 saturated heterocycles.